The molecule has 1 atom stereocenters. The van der Waals surface area contributed by atoms with E-state index in [9.17, 15) is 15.0 Å². The molecule has 0 amide bonds. The highest BCUT2D eigenvalue weighted by Crippen LogP contribution is 2.31. The van der Waals surface area contributed by atoms with Crippen molar-refractivity contribution >= 4 is 24.7 Å². The number of benzene rings is 2. The second kappa shape index (κ2) is 7.41. The minimum absolute atomic E-state index is 0.285. The average molecular weight is 367 g/mol. The molecule has 0 fully saturated rings. The number of aromatic nitrogens is 1. The number of carbonyl (C=O) groups excluding carboxylic acids is 1. The molecule has 0 bridgehead atoms. The Morgan fingerprint density at radius 1 is 1.04 bits per heavy atom. The highest BCUT2D eigenvalue weighted by molar-refractivity contribution is 7.80. The largest absolute Gasteiger partial charge is 0.492 e. The molecule has 26 heavy (non-hydrogen) atoms. The Morgan fingerprint density at radius 3 is 2.27 bits per heavy atom. The van der Waals surface area contributed by atoms with Gasteiger partial charge in [-0.1, -0.05) is 55.1 Å². The van der Waals surface area contributed by atoms with Crippen molar-refractivity contribution in [1.82, 2.24) is 4.73 Å². The molecule has 0 spiro atoms. The standard InChI is InChI=1S/C20H17NO4S/c1-2-13-7-9-14(10-8-13)19(26)15-5-3-4-6-16(15)20(24)25-21-17(22)11-12-18(21)23/h2-12,19,22-23,26H,1H2. The number of nitrogens with zero attached hydrogens (tertiary/aromatic N) is 1. The van der Waals surface area contributed by atoms with Crippen molar-refractivity contribution in [3.8, 4) is 11.8 Å². The monoisotopic (exact) mass is 367 g/mol. The van der Waals surface area contributed by atoms with E-state index in [1.807, 2.05) is 24.3 Å². The molecule has 0 aliphatic rings. The molecule has 1 heterocycles. The Hall–Kier alpha value is -3.12. The van der Waals surface area contributed by atoms with Crippen LogP contribution < -0.4 is 4.84 Å². The summed E-state index contributed by atoms with van der Waals surface area (Å²) in [6.07, 6.45) is 1.75. The lowest BCUT2D eigenvalue weighted by Crippen LogP contribution is -2.20. The minimum atomic E-state index is -0.718. The lowest BCUT2D eigenvalue weighted by molar-refractivity contribution is 0.0380. The van der Waals surface area contributed by atoms with E-state index < -0.39 is 5.97 Å². The summed E-state index contributed by atoms with van der Waals surface area (Å²) < 4.78 is 0.658. The zero-order chi connectivity index (χ0) is 18.7. The van der Waals surface area contributed by atoms with E-state index >= 15 is 0 Å². The van der Waals surface area contributed by atoms with Gasteiger partial charge < -0.3 is 15.1 Å². The lowest BCUT2D eigenvalue weighted by atomic mass is 9.98. The summed E-state index contributed by atoms with van der Waals surface area (Å²) in [5.41, 5.74) is 2.83. The Bertz CT molecular complexity index is 927. The van der Waals surface area contributed by atoms with E-state index in [-0.39, 0.29) is 22.6 Å². The number of hydrogen-bond donors (Lipinski definition) is 3. The molecule has 5 nitrogen and oxygen atoms in total. The molecule has 0 aliphatic carbocycles. The third kappa shape index (κ3) is 3.45. The van der Waals surface area contributed by atoms with Gasteiger partial charge in [-0.2, -0.15) is 12.6 Å². The number of carbonyl (C=O) groups is 1. The van der Waals surface area contributed by atoms with Crippen LogP contribution in [0.25, 0.3) is 6.08 Å². The van der Waals surface area contributed by atoms with Gasteiger partial charge in [0, 0.05) is 12.1 Å². The molecule has 0 aliphatic heterocycles. The molecule has 2 aromatic carbocycles. The average Bonchev–Trinajstić information content (AvgIpc) is 2.99. The number of aromatic hydroxyl groups is 2. The fourth-order valence-corrected chi connectivity index (χ4v) is 2.94. The van der Waals surface area contributed by atoms with Crippen LogP contribution in [-0.4, -0.2) is 20.9 Å². The molecule has 132 valence electrons. The summed E-state index contributed by atoms with van der Waals surface area (Å²) in [5.74, 6) is -1.48. The van der Waals surface area contributed by atoms with Crippen LogP contribution >= 0.6 is 12.6 Å². The molecular formula is C20H17NO4S. The van der Waals surface area contributed by atoms with Gasteiger partial charge in [0.1, 0.15) is 0 Å². The van der Waals surface area contributed by atoms with Crippen molar-refractivity contribution in [2.45, 2.75) is 5.25 Å². The van der Waals surface area contributed by atoms with E-state index in [1.165, 1.54) is 12.1 Å². The van der Waals surface area contributed by atoms with Crippen molar-refractivity contribution < 1.29 is 19.8 Å². The van der Waals surface area contributed by atoms with Gasteiger partial charge in [0.25, 0.3) is 0 Å². The van der Waals surface area contributed by atoms with Gasteiger partial charge >= 0.3 is 5.97 Å². The maximum atomic E-state index is 12.6. The molecule has 0 saturated carbocycles. The van der Waals surface area contributed by atoms with Crippen molar-refractivity contribution in [3.63, 3.8) is 0 Å². The van der Waals surface area contributed by atoms with E-state index in [4.69, 9.17) is 4.84 Å². The highest BCUT2D eigenvalue weighted by Gasteiger charge is 2.21. The zero-order valence-corrected chi connectivity index (χ0v) is 14.6. The SMILES string of the molecule is C=Cc1ccc(C(S)c2ccccc2C(=O)On2c(O)ccc2O)cc1. The molecule has 3 rings (SSSR count). The molecule has 1 unspecified atom stereocenters. The molecular weight excluding hydrogens is 350 g/mol. The van der Waals surface area contributed by atoms with Crippen molar-refractivity contribution in [3.05, 3.63) is 89.5 Å². The Morgan fingerprint density at radius 2 is 1.65 bits per heavy atom. The fourth-order valence-electron chi connectivity index (χ4n) is 2.54. The first-order valence-electron chi connectivity index (χ1n) is 7.83. The normalized spacial score (nSPS) is 11.7. The van der Waals surface area contributed by atoms with E-state index in [2.05, 4.69) is 19.2 Å². The topological polar surface area (TPSA) is 71.7 Å². The first-order valence-corrected chi connectivity index (χ1v) is 8.34. The van der Waals surface area contributed by atoms with E-state index in [1.54, 1.807) is 30.3 Å². The first kappa shape index (κ1) is 17.7. The van der Waals surface area contributed by atoms with Crippen molar-refractivity contribution in [2.75, 3.05) is 0 Å². The van der Waals surface area contributed by atoms with Crippen LogP contribution in [0.15, 0.2) is 67.2 Å². The maximum absolute atomic E-state index is 12.6. The van der Waals surface area contributed by atoms with Gasteiger partial charge in [-0.15, -0.1) is 4.73 Å². The number of rotatable bonds is 5. The van der Waals surface area contributed by atoms with E-state index in [0.29, 0.717) is 10.3 Å². The van der Waals surface area contributed by atoms with Gasteiger partial charge in [-0.05, 0) is 22.8 Å². The fraction of sp³-hybridized carbons (Fsp3) is 0.0500. The van der Waals surface area contributed by atoms with Crippen LogP contribution in [0.4, 0.5) is 0 Å². The summed E-state index contributed by atoms with van der Waals surface area (Å²) >= 11 is 4.65. The van der Waals surface area contributed by atoms with E-state index in [0.717, 1.165) is 11.1 Å². The minimum Gasteiger partial charge on any atom is -0.492 e. The Labute approximate surface area is 156 Å². The van der Waals surface area contributed by atoms with Gasteiger partial charge in [0.05, 0.1) is 10.8 Å². The molecule has 0 radical (unpaired) electrons. The molecule has 6 heteroatoms. The quantitative estimate of drug-likeness (QED) is 0.600. The molecule has 3 aromatic rings. The lowest BCUT2D eigenvalue weighted by Gasteiger charge is -2.16. The predicted octanol–water partition coefficient (Wildman–Crippen LogP) is 3.83. The van der Waals surface area contributed by atoms with Crippen LogP contribution in [0, 0.1) is 0 Å². The van der Waals surface area contributed by atoms with Gasteiger partial charge in [0.2, 0.25) is 11.8 Å². The summed E-state index contributed by atoms with van der Waals surface area (Å²) in [5, 5.41) is 18.9. The van der Waals surface area contributed by atoms with Gasteiger partial charge in [-0.3, -0.25) is 0 Å². The summed E-state index contributed by atoms with van der Waals surface area (Å²) in [7, 11) is 0. The zero-order valence-electron chi connectivity index (χ0n) is 13.7. The van der Waals surface area contributed by atoms with Gasteiger partial charge in [0.15, 0.2) is 0 Å². The van der Waals surface area contributed by atoms with Crippen molar-refractivity contribution in [1.29, 1.82) is 0 Å². The second-order valence-electron chi connectivity index (χ2n) is 5.58. The van der Waals surface area contributed by atoms with Crippen LogP contribution in [0.2, 0.25) is 0 Å². The summed E-state index contributed by atoms with van der Waals surface area (Å²) in [6.45, 7) is 3.73. The highest BCUT2D eigenvalue weighted by atomic mass is 32.1. The third-order valence-corrected chi connectivity index (χ3v) is 4.51. The van der Waals surface area contributed by atoms with Crippen molar-refractivity contribution in [2.24, 2.45) is 0 Å². The predicted molar refractivity (Wildman–Crippen MR) is 102 cm³/mol. The smallest absolute Gasteiger partial charge is 0.364 e. The summed E-state index contributed by atoms with van der Waals surface area (Å²) in [4.78, 5) is 17.7. The van der Waals surface area contributed by atoms with Crippen LogP contribution in [-0.2, 0) is 0 Å². The third-order valence-electron chi connectivity index (χ3n) is 3.94. The van der Waals surface area contributed by atoms with Gasteiger partial charge in [-0.25, -0.2) is 4.79 Å². The molecule has 2 N–H and O–H groups in total. The Balaban J connectivity index is 1.92. The Kier molecular flexibility index (Phi) is 5.04. The van der Waals surface area contributed by atoms with Crippen LogP contribution in [0.1, 0.15) is 32.3 Å². The number of thiol groups is 1. The van der Waals surface area contributed by atoms with Crippen LogP contribution in [0.5, 0.6) is 11.8 Å². The second-order valence-corrected chi connectivity index (χ2v) is 6.10. The van der Waals surface area contributed by atoms with Crippen LogP contribution in [0.3, 0.4) is 0 Å². The first-order chi connectivity index (χ1) is 12.5. The molecule has 1 aromatic heterocycles. The number of hydrogen-bond acceptors (Lipinski definition) is 5. The maximum Gasteiger partial charge on any atom is 0.364 e. The summed E-state index contributed by atoms with van der Waals surface area (Å²) in [6, 6.07) is 17.0. The molecule has 0 saturated heterocycles.